The summed E-state index contributed by atoms with van der Waals surface area (Å²) in [6.07, 6.45) is 4.65. The van der Waals surface area contributed by atoms with Crippen LogP contribution < -0.4 is 0 Å². The van der Waals surface area contributed by atoms with Crippen LogP contribution in [0.3, 0.4) is 0 Å². The largest absolute Gasteiger partial charge is 0.444 e. The molecule has 1 aliphatic heterocycles. The summed E-state index contributed by atoms with van der Waals surface area (Å²) in [5.41, 5.74) is -0.380. The topological polar surface area (TPSA) is 29.5 Å². The minimum absolute atomic E-state index is 0.145. The van der Waals surface area contributed by atoms with Gasteiger partial charge >= 0.3 is 6.09 Å². The number of ether oxygens (including phenoxy) is 1. The minimum atomic E-state index is -0.380. The van der Waals surface area contributed by atoms with Crippen molar-refractivity contribution < 1.29 is 9.53 Å². The van der Waals surface area contributed by atoms with Gasteiger partial charge in [-0.15, -0.1) is 0 Å². The zero-order valence-electron chi connectivity index (χ0n) is 11.1. The number of carbonyl (C=O) groups is 1. The fourth-order valence-electron chi connectivity index (χ4n) is 2.20. The smallest absolute Gasteiger partial charge is 0.410 e. The van der Waals surface area contributed by atoms with Gasteiger partial charge in [0.15, 0.2) is 0 Å². The van der Waals surface area contributed by atoms with E-state index in [1.807, 2.05) is 25.7 Å². The molecule has 0 aliphatic carbocycles. The van der Waals surface area contributed by atoms with Gasteiger partial charge in [-0.3, -0.25) is 0 Å². The quantitative estimate of drug-likeness (QED) is 0.723. The van der Waals surface area contributed by atoms with Crippen LogP contribution in [0.5, 0.6) is 0 Å². The highest BCUT2D eigenvalue weighted by atomic mass is 16.6. The predicted molar refractivity (Wildman–Crippen MR) is 65.4 cm³/mol. The van der Waals surface area contributed by atoms with E-state index in [-0.39, 0.29) is 11.7 Å². The maximum absolute atomic E-state index is 11.9. The summed E-state index contributed by atoms with van der Waals surface area (Å²) in [6, 6.07) is 0. The highest BCUT2D eigenvalue weighted by molar-refractivity contribution is 5.68. The fraction of sp³-hybridized carbons (Fsp3) is 0.923. The molecule has 0 N–H and O–H groups in total. The van der Waals surface area contributed by atoms with E-state index in [2.05, 4.69) is 6.92 Å². The van der Waals surface area contributed by atoms with Gasteiger partial charge < -0.3 is 9.64 Å². The lowest BCUT2D eigenvalue weighted by molar-refractivity contribution is 0.0161. The van der Waals surface area contributed by atoms with Crippen molar-refractivity contribution in [2.75, 3.05) is 13.1 Å². The molecule has 0 unspecified atom stereocenters. The zero-order chi connectivity index (χ0) is 12.2. The first kappa shape index (κ1) is 13.3. The summed E-state index contributed by atoms with van der Waals surface area (Å²) in [7, 11) is 0. The Hall–Kier alpha value is -0.730. The standard InChI is InChI=1S/C13H25NO2/c1-5-7-11-8-6-9-14(10-11)12(15)16-13(2,3)4/h11H,5-10H2,1-4H3/t11-/m0/s1. The monoisotopic (exact) mass is 227 g/mol. The number of rotatable bonds is 2. The van der Waals surface area contributed by atoms with Crippen molar-refractivity contribution in [3.8, 4) is 0 Å². The second-order valence-electron chi connectivity index (χ2n) is 5.72. The second-order valence-corrected chi connectivity index (χ2v) is 5.72. The Morgan fingerprint density at radius 3 is 2.69 bits per heavy atom. The van der Waals surface area contributed by atoms with Crippen molar-refractivity contribution in [2.24, 2.45) is 5.92 Å². The van der Waals surface area contributed by atoms with Crippen molar-refractivity contribution in [1.29, 1.82) is 0 Å². The molecule has 3 heteroatoms. The number of hydrogen-bond acceptors (Lipinski definition) is 2. The highest BCUT2D eigenvalue weighted by Crippen LogP contribution is 2.22. The molecule has 1 atom stereocenters. The van der Waals surface area contributed by atoms with E-state index in [9.17, 15) is 4.79 Å². The van der Waals surface area contributed by atoms with E-state index in [0.29, 0.717) is 5.92 Å². The van der Waals surface area contributed by atoms with Crippen LogP contribution in [0.25, 0.3) is 0 Å². The summed E-state index contributed by atoms with van der Waals surface area (Å²) < 4.78 is 5.39. The molecule has 94 valence electrons. The molecule has 0 aromatic carbocycles. The number of hydrogen-bond donors (Lipinski definition) is 0. The molecule has 0 spiro atoms. The molecule has 3 nitrogen and oxygen atoms in total. The average Bonchev–Trinajstić information content (AvgIpc) is 2.16. The van der Waals surface area contributed by atoms with Crippen LogP contribution in [0.4, 0.5) is 4.79 Å². The van der Waals surface area contributed by atoms with Crippen LogP contribution in [0.2, 0.25) is 0 Å². The highest BCUT2D eigenvalue weighted by Gasteiger charge is 2.26. The lowest BCUT2D eigenvalue weighted by Crippen LogP contribution is -2.42. The summed E-state index contributed by atoms with van der Waals surface area (Å²) >= 11 is 0. The molecule has 1 aliphatic rings. The van der Waals surface area contributed by atoms with Crippen LogP contribution >= 0.6 is 0 Å². The molecular formula is C13H25NO2. The maximum atomic E-state index is 11.9. The van der Waals surface area contributed by atoms with E-state index in [1.54, 1.807) is 0 Å². The molecule has 0 aromatic heterocycles. The Morgan fingerprint density at radius 1 is 1.44 bits per heavy atom. The Kier molecular flexibility index (Phi) is 4.63. The lowest BCUT2D eigenvalue weighted by atomic mass is 9.94. The van der Waals surface area contributed by atoms with Gasteiger partial charge in [0.1, 0.15) is 5.60 Å². The third-order valence-electron chi connectivity index (χ3n) is 2.87. The van der Waals surface area contributed by atoms with Gasteiger partial charge in [0.05, 0.1) is 0 Å². The first-order valence-electron chi connectivity index (χ1n) is 6.40. The van der Waals surface area contributed by atoms with Crippen LogP contribution in [0, 0.1) is 5.92 Å². The molecule has 0 saturated carbocycles. The Balaban J connectivity index is 2.44. The van der Waals surface area contributed by atoms with E-state index in [4.69, 9.17) is 4.74 Å². The number of amides is 1. The van der Waals surface area contributed by atoms with Gasteiger partial charge in [0.25, 0.3) is 0 Å². The van der Waals surface area contributed by atoms with Gasteiger partial charge in [-0.1, -0.05) is 13.3 Å². The number of piperidine rings is 1. The Labute approximate surface area is 99.1 Å². The van der Waals surface area contributed by atoms with Crippen molar-refractivity contribution in [2.45, 2.75) is 59.0 Å². The number of carbonyl (C=O) groups excluding carboxylic acids is 1. The van der Waals surface area contributed by atoms with E-state index in [1.165, 1.54) is 19.3 Å². The average molecular weight is 227 g/mol. The molecule has 0 bridgehead atoms. The van der Waals surface area contributed by atoms with E-state index in [0.717, 1.165) is 19.5 Å². The van der Waals surface area contributed by atoms with E-state index < -0.39 is 0 Å². The van der Waals surface area contributed by atoms with Crippen molar-refractivity contribution in [3.63, 3.8) is 0 Å². The molecule has 16 heavy (non-hydrogen) atoms. The molecule has 1 rings (SSSR count). The predicted octanol–water partition coefficient (Wildman–Crippen LogP) is 3.43. The first-order chi connectivity index (χ1) is 7.42. The van der Waals surface area contributed by atoms with Crippen molar-refractivity contribution in [1.82, 2.24) is 4.90 Å². The maximum Gasteiger partial charge on any atom is 0.410 e. The minimum Gasteiger partial charge on any atom is -0.444 e. The summed E-state index contributed by atoms with van der Waals surface area (Å²) in [5.74, 6) is 0.672. The normalized spacial score (nSPS) is 22.0. The molecule has 0 radical (unpaired) electrons. The van der Waals surface area contributed by atoms with Crippen LogP contribution in [-0.2, 0) is 4.74 Å². The molecular weight excluding hydrogens is 202 g/mol. The molecule has 1 heterocycles. The van der Waals surface area contributed by atoms with Gasteiger partial charge in [-0.25, -0.2) is 4.79 Å². The third kappa shape index (κ3) is 4.42. The van der Waals surface area contributed by atoms with Gasteiger partial charge in [-0.05, 0) is 46.0 Å². The second kappa shape index (κ2) is 5.55. The summed E-state index contributed by atoms with van der Waals surface area (Å²) in [5, 5.41) is 0. The SMILES string of the molecule is CCC[C@H]1CCCN(C(=O)OC(C)(C)C)C1. The molecule has 1 fully saturated rings. The zero-order valence-corrected chi connectivity index (χ0v) is 11.1. The van der Waals surface area contributed by atoms with E-state index >= 15 is 0 Å². The van der Waals surface area contributed by atoms with Crippen molar-refractivity contribution >= 4 is 6.09 Å². The molecule has 1 amide bonds. The van der Waals surface area contributed by atoms with Crippen LogP contribution in [0.1, 0.15) is 53.4 Å². The van der Waals surface area contributed by atoms with Gasteiger partial charge in [0.2, 0.25) is 0 Å². The van der Waals surface area contributed by atoms with Crippen molar-refractivity contribution in [3.05, 3.63) is 0 Å². The molecule has 1 saturated heterocycles. The number of likely N-dealkylation sites (tertiary alicyclic amines) is 1. The lowest BCUT2D eigenvalue weighted by Gasteiger charge is -2.34. The summed E-state index contributed by atoms with van der Waals surface area (Å²) in [4.78, 5) is 13.7. The molecule has 0 aromatic rings. The third-order valence-corrected chi connectivity index (χ3v) is 2.87. The van der Waals surface area contributed by atoms with Crippen LogP contribution in [-0.4, -0.2) is 29.7 Å². The summed E-state index contributed by atoms with van der Waals surface area (Å²) in [6.45, 7) is 9.68. The fourth-order valence-corrected chi connectivity index (χ4v) is 2.20. The Bertz CT molecular complexity index is 231. The Morgan fingerprint density at radius 2 is 2.12 bits per heavy atom. The van der Waals surface area contributed by atoms with Gasteiger partial charge in [-0.2, -0.15) is 0 Å². The van der Waals surface area contributed by atoms with Crippen LogP contribution in [0.15, 0.2) is 0 Å². The number of nitrogens with zero attached hydrogens (tertiary/aromatic N) is 1. The first-order valence-corrected chi connectivity index (χ1v) is 6.40. The van der Waals surface area contributed by atoms with Gasteiger partial charge in [0, 0.05) is 13.1 Å².